The van der Waals surface area contributed by atoms with E-state index in [0.29, 0.717) is 34.1 Å². The molecule has 0 fully saturated rings. The van der Waals surface area contributed by atoms with Crippen molar-refractivity contribution in [1.82, 2.24) is 20.8 Å². The summed E-state index contributed by atoms with van der Waals surface area (Å²) in [5.41, 5.74) is 4.31. The zero-order valence-corrected chi connectivity index (χ0v) is 20.3. The molecule has 1 heterocycles. The van der Waals surface area contributed by atoms with E-state index >= 15 is 0 Å². The average molecular weight is 519 g/mol. The summed E-state index contributed by atoms with van der Waals surface area (Å²) in [6, 6.07) is 9.64. The van der Waals surface area contributed by atoms with Crippen LogP contribution in [0.3, 0.4) is 0 Å². The molecule has 1 aliphatic rings. The fraction of sp³-hybridized carbons (Fsp3) is 0.320. The van der Waals surface area contributed by atoms with Crippen molar-refractivity contribution in [1.29, 1.82) is 0 Å². The van der Waals surface area contributed by atoms with Gasteiger partial charge < -0.3 is 10.4 Å². The van der Waals surface area contributed by atoms with Crippen LogP contribution >= 0.6 is 23.2 Å². The van der Waals surface area contributed by atoms with Gasteiger partial charge in [-0.2, -0.15) is 5.10 Å². The highest BCUT2D eigenvalue weighted by atomic mass is 35.5. The molecule has 0 saturated heterocycles. The number of hydrogen-bond donors (Lipinski definition) is 4. The lowest BCUT2D eigenvalue weighted by atomic mass is 9.92. The summed E-state index contributed by atoms with van der Waals surface area (Å²) < 4.78 is 13.3. The molecule has 1 aromatic heterocycles. The van der Waals surface area contributed by atoms with Gasteiger partial charge in [0, 0.05) is 28.2 Å². The number of hydrogen-bond acceptors (Lipinski definition) is 4. The van der Waals surface area contributed by atoms with Crippen LogP contribution in [0.15, 0.2) is 42.6 Å². The third-order valence-corrected chi connectivity index (χ3v) is 6.98. The van der Waals surface area contributed by atoms with E-state index in [1.165, 1.54) is 17.7 Å². The summed E-state index contributed by atoms with van der Waals surface area (Å²) in [5, 5.41) is 22.3. The smallest absolute Gasteiger partial charge is 0.411 e. The number of halogens is 3. The van der Waals surface area contributed by atoms with Crippen LogP contribution in [-0.4, -0.2) is 39.9 Å². The standard InChI is InChI=1S/C25H25Cl2FN4O3/c26-21-11-16(14-1-3-18(28)4-2-14)12-22(27)20(21)10-15(24(33)31-25(34)35)7-8-29-19-5-6-23-17(9-19)13-30-32-23/h1-4,11-13,15,19,29H,5-10H2,(H,30,32)(H,31,33)(H,34,35)/t15?,19-/m0/s1. The number of carboxylic acid groups (broad SMARTS) is 1. The minimum absolute atomic E-state index is 0.179. The predicted octanol–water partition coefficient (Wildman–Crippen LogP) is 5.01. The molecule has 2 atom stereocenters. The molecule has 1 aliphatic carbocycles. The van der Waals surface area contributed by atoms with Gasteiger partial charge in [-0.05, 0) is 85.2 Å². The van der Waals surface area contributed by atoms with Crippen molar-refractivity contribution in [3.8, 4) is 11.1 Å². The number of carbonyl (C=O) groups excluding carboxylic acids is 1. The Morgan fingerprint density at radius 3 is 2.57 bits per heavy atom. The summed E-state index contributed by atoms with van der Waals surface area (Å²) in [6.07, 6.45) is 3.75. The second kappa shape index (κ2) is 11.2. The van der Waals surface area contributed by atoms with E-state index in [0.717, 1.165) is 30.5 Å². The molecule has 2 amide bonds. The number of nitrogens with one attached hydrogen (secondary N) is 3. The van der Waals surface area contributed by atoms with E-state index in [9.17, 15) is 14.0 Å². The second-order valence-electron chi connectivity index (χ2n) is 8.66. The van der Waals surface area contributed by atoms with Gasteiger partial charge in [-0.25, -0.2) is 9.18 Å². The molecule has 0 aliphatic heterocycles. The number of benzene rings is 2. The number of amides is 2. The summed E-state index contributed by atoms with van der Waals surface area (Å²) in [7, 11) is 0. The van der Waals surface area contributed by atoms with Crippen molar-refractivity contribution < 1.29 is 19.1 Å². The van der Waals surface area contributed by atoms with Crippen LogP contribution < -0.4 is 10.6 Å². The van der Waals surface area contributed by atoms with Gasteiger partial charge >= 0.3 is 6.09 Å². The van der Waals surface area contributed by atoms with Crippen LogP contribution in [0.5, 0.6) is 0 Å². The lowest BCUT2D eigenvalue weighted by molar-refractivity contribution is -0.124. The minimum Gasteiger partial charge on any atom is -0.465 e. The lowest BCUT2D eigenvalue weighted by Gasteiger charge is -2.24. The maximum absolute atomic E-state index is 13.3. The van der Waals surface area contributed by atoms with E-state index in [4.69, 9.17) is 28.3 Å². The highest BCUT2D eigenvalue weighted by Gasteiger charge is 2.25. The fourth-order valence-corrected chi connectivity index (χ4v) is 5.08. The topological polar surface area (TPSA) is 107 Å². The van der Waals surface area contributed by atoms with Crippen molar-refractivity contribution >= 4 is 35.2 Å². The Balaban J connectivity index is 1.45. The largest absolute Gasteiger partial charge is 0.465 e. The molecule has 35 heavy (non-hydrogen) atoms. The van der Waals surface area contributed by atoms with Crippen LogP contribution in [0, 0.1) is 11.7 Å². The van der Waals surface area contributed by atoms with Crippen molar-refractivity contribution in [2.45, 2.75) is 38.1 Å². The van der Waals surface area contributed by atoms with Crippen LogP contribution in [0.4, 0.5) is 9.18 Å². The summed E-state index contributed by atoms with van der Waals surface area (Å²) in [6.45, 7) is 0.526. The van der Waals surface area contributed by atoms with Gasteiger partial charge in [0.1, 0.15) is 5.82 Å². The molecule has 4 rings (SSSR count). The molecule has 3 aromatic rings. The maximum atomic E-state index is 13.3. The van der Waals surface area contributed by atoms with Gasteiger partial charge in [0.05, 0.1) is 5.69 Å². The van der Waals surface area contributed by atoms with E-state index in [2.05, 4.69) is 15.5 Å². The Morgan fingerprint density at radius 2 is 1.89 bits per heavy atom. The molecule has 0 radical (unpaired) electrons. The summed E-state index contributed by atoms with van der Waals surface area (Å²) in [5.74, 6) is -1.60. The van der Waals surface area contributed by atoms with Gasteiger partial charge in [-0.1, -0.05) is 35.3 Å². The zero-order chi connectivity index (χ0) is 24.9. The van der Waals surface area contributed by atoms with Gasteiger partial charge in [-0.3, -0.25) is 15.2 Å². The number of carbonyl (C=O) groups is 2. The highest BCUT2D eigenvalue weighted by molar-refractivity contribution is 6.36. The number of aryl methyl sites for hydroxylation is 1. The number of nitrogens with zero attached hydrogens (tertiary/aromatic N) is 1. The molecule has 0 spiro atoms. The first-order chi connectivity index (χ1) is 16.8. The third-order valence-electron chi connectivity index (χ3n) is 6.30. The summed E-state index contributed by atoms with van der Waals surface area (Å²) >= 11 is 13.1. The van der Waals surface area contributed by atoms with Crippen molar-refractivity contribution in [2.24, 2.45) is 5.92 Å². The molecule has 10 heteroatoms. The molecule has 184 valence electrons. The van der Waals surface area contributed by atoms with E-state index in [-0.39, 0.29) is 18.3 Å². The number of H-pyrrole nitrogens is 1. The van der Waals surface area contributed by atoms with Crippen molar-refractivity contribution in [2.75, 3.05) is 6.54 Å². The van der Waals surface area contributed by atoms with Crippen LogP contribution in [0.2, 0.25) is 10.0 Å². The average Bonchev–Trinajstić information content (AvgIpc) is 3.28. The van der Waals surface area contributed by atoms with Crippen LogP contribution in [0.1, 0.15) is 29.7 Å². The number of rotatable bonds is 8. The van der Waals surface area contributed by atoms with Gasteiger partial charge in [0.25, 0.3) is 0 Å². The van der Waals surface area contributed by atoms with Gasteiger partial charge in [0.2, 0.25) is 5.91 Å². The summed E-state index contributed by atoms with van der Waals surface area (Å²) in [4.78, 5) is 23.8. The SMILES string of the molecule is O=C(O)NC(=O)C(CCN[C@H]1CCc2n[nH]cc2C1)Cc1c(Cl)cc(-c2ccc(F)cc2)cc1Cl. The van der Waals surface area contributed by atoms with Crippen molar-refractivity contribution in [3.63, 3.8) is 0 Å². The quantitative estimate of drug-likeness (QED) is 0.335. The van der Waals surface area contributed by atoms with E-state index in [1.807, 2.05) is 11.5 Å². The Hall–Kier alpha value is -2.94. The van der Waals surface area contributed by atoms with Crippen molar-refractivity contribution in [3.05, 3.63) is 75.3 Å². The van der Waals surface area contributed by atoms with E-state index < -0.39 is 17.9 Å². The second-order valence-corrected chi connectivity index (χ2v) is 9.47. The Labute approximate surface area is 212 Å². The Morgan fingerprint density at radius 1 is 1.17 bits per heavy atom. The molecule has 1 unspecified atom stereocenters. The van der Waals surface area contributed by atoms with Crippen LogP contribution in [-0.2, 0) is 24.1 Å². The predicted molar refractivity (Wildman–Crippen MR) is 132 cm³/mol. The maximum Gasteiger partial charge on any atom is 0.411 e. The van der Waals surface area contributed by atoms with Crippen LogP contribution in [0.25, 0.3) is 11.1 Å². The number of fused-ring (bicyclic) bond motifs is 1. The molecule has 0 saturated carbocycles. The number of aromatic nitrogens is 2. The molecule has 4 N–H and O–H groups in total. The third kappa shape index (κ3) is 6.39. The van der Waals surface area contributed by atoms with E-state index in [1.54, 1.807) is 24.3 Å². The zero-order valence-electron chi connectivity index (χ0n) is 18.8. The number of imide groups is 1. The molecule has 7 nitrogen and oxygen atoms in total. The van der Waals surface area contributed by atoms with Gasteiger partial charge in [-0.15, -0.1) is 0 Å². The first-order valence-corrected chi connectivity index (χ1v) is 12.1. The fourth-order valence-electron chi connectivity index (χ4n) is 4.44. The molecular weight excluding hydrogens is 494 g/mol. The minimum atomic E-state index is -1.41. The monoisotopic (exact) mass is 518 g/mol. The first kappa shape index (κ1) is 25.2. The highest BCUT2D eigenvalue weighted by Crippen LogP contribution is 2.34. The molecule has 0 bridgehead atoms. The Kier molecular flexibility index (Phi) is 8.05. The first-order valence-electron chi connectivity index (χ1n) is 11.3. The van der Waals surface area contributed by atoms with Gasteiger partial charge in [0.15, 0.2) is 0 Å². The number of aromatic amines is 1. The lowest BCUT2D eigenvalue weighted by Crippen LogP contribution is -2.39. The molecule has 2 aromatic carbocycles. The molecular formula is C25H25Cl2FN4O3. The Bertz CT molecular complexity index is 1190. The normalized spacial score (nSPS) is 15.9.